The SMILES string of the molecule is [CH]CCOP(=O)(OCC=C)OCC(N[C-]=O)C(=O)NCCC(C)O.[V]. The van der Waals surface area contributed by atoms with Crippen LogP contribution in [0.2, 0.25) is 0 Å². The molecule has 3 atom stereocenters. The molecule has 0 saturated carbocycles. The average molecular weight is 414 g/mol. The molecule has 3 unspecified atom stereocenters. The predicted octanol–water partition coefficient (Wildman–Crippen LogP) is 0.341. The quantitative estimate of drug-likeness (QED) is 0.153. The largest absolute Gasteiger partial charge is 0.520 e. The van der Waals surface area contributed by atoms with Gasteiger partial charge in [0.15, 0.2) is 0 Å². The van der Waals surface area contributed by atoms with Crippen LogP contribution in [0.25, 0.3) is 0 Å². The van der Waals surface area contributed by atoms with E-state index in [0.29, 0.717) is 6.42 Å². The van der Waals surface area contributed by atoms with E-state index in [1.807, 2.05) is 0 Å². The fraction of sp³-hybridized carbons (Fsp3) is 0.643. The van der Waals surface area contributed by atoms with E-state index >= 15 is 0 Å². The number of aliphatic hydroxyl groups is 1. The van der Waals surface area contributed by atoms with Crippen molar-refractivity contribution >= 4 is 20.1 Å². The van der Waals surface area contributed by atoms with Crippen molar-refractivity contribution < 1.29 is 51.4 Å². The smallest absolute Gasteiger partial charge is 0.475 e. The van der Waals surface area contributed by atoms with Crippen LogP contribution in [0.1, 0.15) is 19.8 Å². The number of hydrogen-bond donors (Lipinski definition) is 3. The van der Waals surface area contributed by atoms with E-state index in [1.165, 1.54) is 12.5 Å². The third-order valence-corrected chi connectivity index (χ3v) is 3.96. The van der Waals surface area contributed by atoms with E-state index in [0.717, 1.165) is 0 Å². The summed E-state index contributed by atoms with van der Waals surface area (Å²) in [5, 5.41) is 13.8. The summed E-state index contributed by atoms with van der Waals surface area (Å²) in [5.74, 6) is -0.590. The minimum absolute atomic E-state index is 0. The number of nitrogens with one attached hydrogen (secondary N) is 2. The molecule has 9 nitrogen and oxygen atoms in total. The molecule has 0 heterocycles. The number of hydrogen-bond acceptors (Lipinski definition) is 7. The Labute approximate surface area is 160 Å². The second kappa shape index (κ2) is 15.6. The summed E-state index contributed by atoms with van der Waals surface area (Å²) < 4.78 is 27.3. The van der Waals surface area contributed by atoms with Gasteiger partial charge in [-0.05, 0) is 26.7 Å². The zero-order valence-electron chi connectivity index (χ0n) is 14.1. The standard InChI is InChI=1S/C14H24N2O7P.V/c1-4-8-21-24(20,22-9-5-2)23-10-13(16-11-17)14(19)15-7-6-12(3)18;/h1,5,12-13,18H,2,4,6-10H2,3H3,(H,15,19)(H,16,17);/q-1;. The van der Waals surface area contributed by atoms with Crippen LogP contribution in [0, 0.1) is 6.92 Å². The van der Waals surface area contributed by atoms with Gasteiger partial charge in [-0.3, -0.25) is 18.4 Å². The molecule has 3 radical (unpaired) electrons. The Bertz CT molecular complexity index is 437. The number of carbonyl (C=O) groups is 1. The number of amides is 2. The second-order valence-electron chi connectivity index (χ2n) is 4.68. The number of phosphoric ester groups is 1. The monoisotopic (exact) mass is 414 g/mol. The van der Waals surface area contributed by atoms with E-state index < -0.39 is 32.5 Å². The van der Waals surface area contributed by atoms with Crippen LogP contribution in [-0.4, -0.2) is 55.9 Å². The number of carbonyl (C=O) groups excluding carboxylic acids is 2. The van der Waals surface area contributed by atoms with Gasteiger partial charge in [0.2, 0.25) is 5.91 Å². The molecule has 0 saturated heterocycles. The first kappa shape index (κ1) is 26.6. The number of phosphoric acid groups is 1. The Balaban J connectivity index is 0. The zero-order valence-corrected chi connectivity index (χ0v) is 16.3. The third kappa shape index (κ3) is 13.2. The summed E-state index contributed by atoms with van der Waals surface area (Å²) in [6.07, 6.45) is 2.57. The van der Waals surface area contributed by atoms with E-state index in [2.05, 4.69) is 17.2 Å². The fourth-order valence-corrected chi connectivity index (χ4v) is 2.54. The molecule has 0 aliphatic carbocycles. The van der Waals surface area contributed by atoms with Crippen LogP contribution in [0.3, 0.4) is 0 Å². The number of rotatable bonds is 15. The summed E-state index contributed by atoms with van der Waals surface area (Å²) in [6.45, 7) is 9.82. The molecule has 0 aromatic carbocycles. The van der Waals surface area contributed by atoms with Crippen LogP contribution < -0.4 is 10.6 Å². The molecule has 3 N–H and O–H groups in total. The van der Waals surface area contributed by atoms with E-state index in [1.54, 1.807) is 6.92 Å². The molecular weight excluding hydrogens is 390 g/mol. The van der Waals surface area contributed by atoms with Gasteiger partial charge in [-0.15, -0.1) is 6.58 Å². The van der Waals surface area contributed by atoms with Gasteiger partial charge < -0.3 is 20.5 Å². The molecule has 0 fully saturated rings. The average Bonchev–Trinajstić information content (AvgIpc) is 2.54. The van der Waals surface area contributed by atoms with E-state index in [4.69, 9.17) is 25.6 Å². The van der Waals surface area contributed by atoms with Crippen LogP contribution in [0.15, 0.2) is 12.7 Å². The summed E-state index contributed by atoms with van der Waals surface area (Å²) >= 11 is 0. The molecule has 25 heavy (non-hydrogen) atoms. The van der Waals surface area contributed by atoms with Crippen LogP contribution in [0.5, 0.6) is 0 Å². The van der Waals surface area contributed by atoms with Gasteiger partial charge in [-0.25, -0.2) is 4.57 Å². The van der Waals surface area contributed by atoms with Crippen molar-refractivity contribution in [3.05, 3.63) is 19.6 Å². The minimum atomic E-state index is -3.95. The predicted molar refractivity (Wildman–Crippen MR) is 86.5 cm³/mol. The first-order valence-corrected chi connectivity index (χ1v) is 8.77. The second-order valence-corrected chi connectivity index (χ2v) is 6.35. The summed E-state index contributed by atoms with van der Waals surface area (Å²) in [7, 11) is -3.95. The topological polar surface area (TPSA) is 123 Å². The molecule has 0 aromatic rings. The van der Waals surface area contributed by atoms with Gasteiger partial charge >= 0.3 is 7.82 Å². The van der Waals surface area contributed by atoms with Gasteiger partial charge in [0, 0.05) is 25.1 Å². The van der Waals surface area contributed by atoms with Crippen molar-refractivity contribution in [2.45, 2.75) is 31.9 Å². The van der Waals surface area contributed by atoms with Gasteiger partial charge in [0.25, 0.3) is 0 Å². The Hall–Kier alpha value is -0.666. The maximum atomic E-state index is 12.3. The summed E-state index contributed by atoms with van der Waals surface area (Å²) in [4.78, 5) is 22.4. The molecule has 143 valence electrons. The number of aliphatic hydroxyl groups excluding tert-OH is 1. The Morgan fingerprint density at radius 3 is 2.64 bits per heavy atom. The Kier molecular flexibility index (Phi) is 16.6. The van der Waals surface area contributed by atoms with E-state index in [9.17, 15) is 14.2 Å². The van der Waals surface area contributed by atoms with Gasteiger partial charge in [0.1, 0.15) is 6.04 Å². The maximum absolute atomic E-state index is 12.3. The first-order valence-electron chi connectivity index (χ1n) is 7.31. The fourth-order valence-electron chi connectivity index (χ4n) is 1.37. The Morgan fingerprint density at radius 2 is 2.12 bits per heavy atom. The Morgan fingerprint density at radius 1 is 1.44 bits per heavy atom. The van der Waals surface area contributed by atoms with Crippen LogP contribution in [0.4, 0.5) is 0 Å². The molecule has 11 heteroatoms. The van der Waals surface area contributed by atoms with Crippen LogP contribution in [-0.2, 0) is 46.3 Å². The normalized spacial score (nSPS) is 15.2. The first-order chi connectivity index (χ1) is 11.4. The molecule has 0 aromatic heterocycles. The van der Waals surface area contributed by atoms with Crippen molar-refractivity contribution in [3.8, 4) is 0 Å². The molecular formula is C14H24N2O7PV-. The molecule has 0 aliphatic heterocycles. The molecule has 0 spiro atoms. The minimum Gasteiger partial charge on any atom is -0.520 e. The van der Waals surface area contributed by atoms with Crippen molar-refractivity contribution in [3.63, 3.8) is 0 Å². The van der Waals surface area contributed by atoms with Gasteiger partial charge in [0.05, 0.1) is 25.9 Å². The molecule has 0 aliphatic rings. The molecule has 0 rings (SSSR count). The summed E-state index contributed by atoms with van der Waals surface area (Å²) in [5.41, 5.74) is 0. The van der Waals surface area contributed by atoms with Gasteiger partial charge in [-0.1, -0.05) is 6.08 Å². The molecule has 0 bridgehead atoms. The maximum Gasteiger partial charge on any atom is 0.475 e. The third-order valence-electron chi connectivity index (χ3n) is 2.53. The van der Waals surface area contributed by atoms with Crippen molar-refractivity contribution in [1.82, 2.24) is 10.6 Å². The van der Waals surface area contributed by atoms with Crippen molar-refractivity contribution in [2.75, 3.05) is 26.4 Å². The van der Waals surface area contributed by atoms with Crippen LogP contribution >= 0.6 is 7.82 Å². The molecule has 2 amide bonds. The zero-order chi connectivity index (χ0) is 18.4. The summed E-state index contributed by atoms with van der Waals surface area (Å²) in [6, 6.07) is -1.15. The van der Waals surface area contributed by atoms with Crippen molar-refractivity contribution in [2.24, 2.45) is 0 Å². The van der Waals surface area contributed by atoms with E-state index in [-0.39, 0.29) is 44.7 Å². The van der Waals surface area contributed by atoms with Crippen molar-refractivity contribution in [1.29, 1.82) is 0 Å². The van der Waals surface area contributed by atoms with Gasteiger partial charge in [-0.2, -0.15) is 6.41 Å².